The lowest BCUT2D eigenvalue weighted by molar-refractivity contribution is -0.182. The molecule has 2 amide bonds. The van der Waals surface area contributed by atoms with Crippen molar-refractivity contribution in [2.24, 2.45) is 17.6 Å². The van der Waals surface area contributed by atoms with Gasteiger partial charge in [-0.05, 0) is 30.5 Å². The summed E-state index contributed by atoms with van der Waals surface area (Å²) in [4.78, 5) is 31.7. The van der Waals surface area contributed by atoms with Gasteiger partial charge in [-0.25, -0.2) is 0 Å². The number of piperidine rings is 1. The van der Waals surface area contributed by atoms with Crippen LogP contribution in [0.1, 0.15) is 42.2 Å². The monoisotopic (exact) mass is 408 g/mol. The van der Waals surface area contributed by atoms with Crippen molar-refractivity contribution in [1.82, 2.24) is 14.8 Å². The largest absolute Gasteiger partial charge is 0.373 e. The first-order chi connectivity index (χ1) is 13.0. The molecule has 3 aliphatic rings. The molecule has 4 rings (SSSR count). The Morgan fingerprint density at radius 1 is 1.21 bits per heavy atom. The average Bonchev–Trinajstić information content (AvgIpc) is 2.59. The number of hydrogen-bond acceptors (Lipinski definition) is 5. The van der Waals surface area contributed by atoms with E-state index in [-0.39, 0.29) is 18.3 Å². The molecule has 1 saturated carbocycles. The van der Waals surface area contributed by atoms with Crippen LogP contribution in [0.5, 0.6) is 0 Å². The van der Waals surface area contributed by atoms with Crippen molar-refractivity contribution in [1.29, 1.82) is 0 Å². The van der Waals surface area contributed by atoms with Gasteiger partial charge >= 0.3 is 0 Å². The van der Waals surface area contributed by atoms with E-state index in [1.165, 1.54) is 6.42 Å². The molecule has 0 unspecified atom stereocenters. The number of fused-ring (bicyclic) bond motifs is 2. The lowest BCUT2D eigenvalue weighted by atomic mass is 9.62. The second-order valence-electron chi connectivity index (χ2n) is 8.15. The van der Waals surface area contributed by atoms with Crippen LogP contribution in [-0.4, -0.2) is 65.9 Å². The Balaban J connectivity index is 0.00000225. The maximum atomic E-state index is 11.6. The molecule has 1 aromatic rings. The SMILES string of the molecule is CO[C@@]1(c2ccnc(C(N)=O)c2)[C@@H]2CCC[C@H]1CN(C1CN(C(C)=O)C1)C2.Cl. The second-order valence-corrected chi connectivity index (χ2v) is 8.15. The Hall–Kier alpha value is -1.70. The van der Waals surface area contributed by atoms with Gasteiger partial charge in [-0.1, -0.05) is 6.42 Å². The highest BCUT2D eigenvalue weighted by atomic mass is 35.5. The summed E-state index contributed by atoms with van der Waals surface area (Å²) in [6.07, 6.45) is 5.05. The summed E-state index contributed by atoms with van der Waals surface area (Å²) in [5, 5.41) is 0. The molecule has 7 nitrogen and oxygen atoms in total. The van der Waals surface area contributed by atoms with E-state index in [0.717, 1.165) is 44.6 Å². The number of ether oxygens (including phenoxy) is 1. The van der Waals surface area contributed by atoms with E-state index in [1.54, 1.807) is 20.2 Å². The second kappa shape index (κ2) is 7.97. The number of carbonyl (C=O) groups is 2. The van der Waals surface area contributed by atoms with Crippen LogP contribution in [-0.2, 0) is 15.1 Å². The highest BCUT2D eigenvalue weighted by Crippen LogP contribution is 2.52. The third kappa shape index (κ3) is 3.29. The summed E-state index contributed by atoms with van der Waals surface area (Å²) in [6, 6.07) is 4.23. The molecule has 0 radical (unpaired) electrons. The van der Waals surface area contributed by atoms with Crippen molar-refractivity contribution >= 4 is 24.2 Å². The number of nitrogens with zero attached hydrogens (tertiary/aromatic N) is 3. The maximum absolute atomic E-state index is 11.6. The number of halogens is 1. The van der Waals surface area contributed by atoms with E-state index in [4.69, 9.17) is 10.5 Å². The van der Waals surface area contributed by atoms with E-state index < -0.39 is 11.5 Å². The summed E-state index contributed by atoms with van der Waals surface area (Å²) in [5.41, 5.74) is 6.37. The lowest BCUT2D eigenvalue weighted by Gasteiger charge is -2.58. The number of primary amides is 1. The highest BCUT2D eigenvalue weighted by Gasteiger charge is 2.54. The predicted octanol–water partition coefficient (Wildman–Crippen LogP) is 1.41. The van der Waals surface area contributed by atoms with Crippen LogP contribution in [0.25, 0.3) is 0 Å². The Morgan fingerprint density at radius 3 is 2.39 bits per heavy atom. The van der Waals surface area contributed by atoms with Gasteiger partial charge in [0, 0.05) is 64.3 Å². The maximum Gasteiger partial charge on any atom is 0.267 e. The molecule has 0 aromatic carbocycles. The van der Waals surface area contributed by atoms with Gasteiger partial charge in [-0.2, -0.15) is 0 Å². The van der Waals surface area contributed by atoms with Gasteiger partial charge in [0.15, 0.2) is 0 Å². The number of methoxy groups -OCH3 is 1. The van der Waals surface area contributed by atoms with Gasteiger partial charge in [0.05, 0.1) is 0 Å². The topological polar surface area (TPSA) is 88.8 Å². The van der Waals surface area contributed by atoms with Crippen LogP contribution in [0, 0.1) is 11.8 Å². The molecular formula is C20H29ClN4O3. The van der Waals surface area contributed by atoms with Crippen molar-refractivity contribution in [3.63, 3.8) is 0 Å². The number of aromatic nitrogens is 1. The van der Waals surface area contributed by atoms with E-state index in [0.29, 0.717) is 23.6 Å². The van der Waals surface area contributed by atoms with Gasteiger partial charge in [0.2, 0.25) is 5.91 Å². The molecule has 8 heteroatoms. The third-order valence-electron chi connectivity index (χ3n) is 6.85. The first-order valence-corrected chi connectivity index (χ1v) is 9.76. The van der Waals surface area contributed by atoms with E-state index in [2.05, 4.69) is 9.88 Å². The fourth-order valence-electron chi connectivity index (χ4n) is 5.44. The molecule has 3 heterocycles. The summed E-state index contributed by atoms with van der Waals surface area (Å²) in [6.45, 7) is 5.20. The predicted molar refractivity (Wildman–Crippen MR) is 107 cm³/mol. The number of hydrogen-bond donors (Lipinski definition) is 1. The molecule has 2 N–H and O–H groups in total. The number of carbonyl (C=O) groups excluding carboxylic acids is 2. The van der Waals surface area contributed by atoms with Gasteiger partial charge in [0.25, 0.3) is 5.91 Å². The molecular weight excluding hydrogens is 380 g/mol. The van der Waals surface area contributed by atoms with Crippen LogP contribution < -0.4 is 5.73 Å². The van der Waals surface area contributed by atoms with Crippen molar-refractivity contribution in [2.75, 3.05) is 33.3 Å². The fraction of sp³-hybridized carbons (Fsp3) is 0.650. The van der Waals surface area contributed by atoms with E-state index in [9.17, 15) is 9.59 Å². The number of nitrogens with two attached hydrogens (primary N) is 1. The summed E-state index contributed by atoms with van der Waals surface area (Å²) in [7, 11) is 1.78. The van der Waals surface area contributed by atoms with Crippen molar-refractivity contribution in [3.05, 3.63) is 29.6 Å². The summed E-state index contributed by atoms with van der Waals surface area (Å²) in [5.74, 6) is 0.351. The summed E-state index contributed by atoms with van der Waals surface area (Å²) >= 11 is 0. The lowest BCUT2D eigenvalue weighted by Crippen LogP contribution is -2.67. The van der Waals surface area contributed by atoms with Crippen molar-refractivity contribution in [2.45, 2.75) is 37.8 Å². The fourth-order valence-corrected chi connectivity index (χ4v) is 5.44. The zero-order valence-electron chi connectivity index (χ0n) is 16.5. The van der Waals surface area contributed by atoms with Crippen molar-refractivity contribution < 1.29 is 14.3 Å². The minimum Gasteiger partial charge on any atom is -0.373 e. The summed E-state index contributed by atoms with van der Waals surface area (Å²) < 4.78 is 6.23. The first-order valence-electron chi connectivity index (χ1n) is 9.76. The third-order valence-corrected chi connectivity index (χ3v) is 6.85. The number of pyridine rings is 1. The van der Waals surface area contributed by atoms with Crippen LogP contribution in [0.4, 0.5) is 0 Å². The molecule has 2 aliphatic heterocycles. The Labute approximate surface area is 172 Å². The zero-order chi connectivity index (χ0) is 19.2. The van der Waals surface area contributed by atoms with E-state index in [1.807, 2.05) is 17.0 Å². The molecule has 28 heavy (non-hydrogen) atoms. The molecule has 154 valence electrons. The van der Waals surface area contributed by atoms with E-state index >= 15 is 0 Å². The number of amides is 2. The van der Waals surface area contributed by atoms with Crippen LogP contribution in [0.15, 0.2) is 18.3 Å². The molecule has 0 spiro atoms. The Morgan fingerprint density at radius 2 is 1.86 bits per heavy atom. The molecule has 1 aromatic heterocycles. The molecule has 2 saturated heterocycles. The quantitative estimate of drug-likeness (QED) is 0.813. The van der Waals surface area contributed by atoms with Gasteiger partial charge in [-0.15, -0.1) is 12.4 Å². The minimum atomic E-state index is -0.510. The smallest absolute Gasteiger partial charge is 0.267 e. The highest BCUT2D eigenvalue weighted by molar-refractivity contribution is 5.90. The molecule has 3 fully saturated rings. The average molecular weight is 409 g/mol. The van der Waals surface area contributed by atoms with Crippen molar-refractivity contribution in [3.8, 4) is 0 Å². The first kappa shape index (κ1) is 21.0. The van der Waals surface area contributed by atoms with Gasteiger partial charge < -0.3 is 15.4 Å². The zero-order valence-corrected chi connectivity index (χ0v) is 17.3. The standard InChI is InChI=1S/C20H28N4O3.ClH/c1-13(25)23-11-17(12-23)24-9-15-4-3-5-16(10-24)20(15,27-2)14-6-7-22-18(8-14)19(21)26;/h6-8,15-17H,3-5,9-12H2,1-2H3,(H2,21,26);1H/t15-,16+,20+;. The Bertz CT molecular complexity index is 739. The minimum absolute atomic E-state index is 0. The number of rotatable bonds is 4. The normalized spacial score (nSPS) is 30.3. The number of likely N-dealkylation sites (tertiary alicyclic amines) is 2. The molecule has 2 bridgehead atoms. The van der Waals surface area contributed by atoms with Crippen LogP contribution >= 0.6 is 12.4 Å². The molecule has 1 aliphatic carbocycles. The van der Waals surface area contributed by atoms with Crippen LogP contribution in [0.2, 0.25) is 0 Å². The van der Waals surface area contributed by atoms with Crippen LogP contribution in [0.3, 0.4) is 0 Å². The Kier molecular flexibility index (Phi) is 5.98. The van der Waals surface area contributed by atoms with Gasteiger partial charge in [-0.3, -0.25) is 19.5 Å². The van der Waals surface area contributed by atoms with Gasteiger partial charge in [0.1, 0.15) is 11.3 Å². The molecule has 3 atom stereocenters.